The molecular weight excluding hydrogens is 194 g/mol. The first kappa shape index (κ1) is 14.4. The van der Waals surface area contributed by atoms with Crippen LogP contribution in [0.3, 0.4) is 0 Å². The lowest BCUT2D eigenvalue weighted by Crippen LogP contribution is -2.23. The van der Waals surface area contributed by atoms with Gasteiger partial charge in [0.05, 0.1) is 5.92 Å². The molecule has 0 aromatic heterocycles. The van der Waals surface area contributed by atoms with Gasteiger partial charge in [0, 0.05) is 19.8 Å². The van der Waals surface area contributed by atoms with Gasteiger partial charge in [0.25, 0.3) is 0 Å². The molecule has 4 heteroatoms. The van der Waals surface area contributed by atoms with Gasteiger partial charge in [0.2, 0.25) is 0 Å². The number of hydrogen-bond donors (Lipinski definition) is 2. The predicted octanol–water partition coefficient (Wildman–Crippen LogP) is 1.49. The van der Waals surface area contributed by atoms with E-state index >= 15 is 0 Å². The third-order valence-corrected chi connectivity index (χ3v) is 2.60. The zero-order chi connectivity index (χ0) is 11.7. The lowest BCUT2D eigenvalue weighted by Gasteiger charge is -2.14. The summed E-state index contributed by atoms with van der Waals surface area (Å²) in [5.41, 5.74) is 5.38. The highest BCUT2D eigenvalue weighted by Gasteiger charge is 2.16. The maximum absolute atomic E-state index is 10.7. The zero-order valence-electron chi connectivity index (χ0n) is 9.74. The molecular formula is C11H23NO3. The smallest absolute Gasteiger partial charge is 0.307 e. The fourth-order valence-corrected chi connectivity index (χ4v) is 1.40. The third kappa shape index (κ3) is 7.33. The number of carbonyl (C=O) groups is 1. The molecule has 90 valence electrons. The summed E-state index contributed by atoms with van der Waals surface area (Å²) in [5, 5.41) is 8.80. The number of carboxylic acid groups (broad SMARTS) is 1. The van der Waals surface area contributed by atoms with Crippen molar-refractivity contribution in [2.24, 2.45) is 17.6 Å². The lowest BCUT2D eigenvalue weighted by atomic mass is 9.95. The van der Waals surface area contributed by atoms with Crippen molar-refractivity contribution >= 4 is 5.97 Å². The molecule has 0 rings (SSSR count). The molecule has 0 aliphatic rings. The summed E-state index contributed by atoms with van der Waals surface area (Å²) >= 11 is 0. The topological polar surface area (TPSA) is 72.5 Å². The Hall–Kier alpha value is -0.610. The molecule has 15 heavy (non-hydrogen) atoms. The molecule has 0 saturated heterocycles. The highest BCUT2D eigenvalue weighted by molar-refractivity contribution is 5.70. The summed E-state index contributed by atoms with van der Waals surface area (Å²) in [6.07, 6.45) is 2.56. The first-order valence-corrected chi connectivity index (χ1v) is 5.62. The van der Waals surface area contributed by atoms with Crippen molar-refractivity contribution in [3.05, 3.63) is 0 Å². The summed E-state index contributed by atoms with van der Waals surface area (Å²) < 4.78 is 5.24. The van der Waals surface area contributed by atoms with E-state index in [0.29, 0.717) is 12.3 Å². The van der Waals surface area contributed by atoms with Gasteiger partial charge in [0.1, 0.15) is 0 Å². The molecule has 0 bridgehead atoms. The van der Waals surface area contributed by atoms with E-state index in [0.717, 1.165) is 26.1 Å². The predicted molar refractivity (Wildman–Crippen MR) is 59.7 cm³/mol. The molecule has 4 nitrogen and oxygen atoms in total. The SMILES string of the molecule is CCOCCC(C)CCC(CN)C(=O)O. The molecule has 2 unspecified atom stereocenters. The van der Waals surface area contributed by atoms with Gasteiger partial charge in [0.15, 0.2) is 0 Å². The summed E-state index contributed by atoms with van der Waals surface area (Å²) in [5.74, 6) is -0.668. The molecule has 0 aliphatic carbocycles. The maximum atomic E-state index is 10.7. The van der Waals surface area contributed by atoms with E-state index in [2.05, 4.69) is 6.92 Å². The molecule has 0 spiro atoms. The van der Waals surface area contributed by atoms with Crippen LogP contribution in [0.15, 0.2) is 0 Å². The van der Waals surface area contributed by atoms with Crippen LogP contribution in [-0.2, 0) is 9.53 Å². The number of carboxylic acids is 1. The fourth-order valence-electron chi connectivity index (χ4n) is 1.40. The minimum Gasteiger partial charge on any atom is -0.481 e. The van der Waals surface area contributed by atoms with Crippen molar-refractivity contribution in [3.63, 3.8) is 0 Å². The van der Waals surface area contributed by atoms with Gasteiger partial charge in [-0.05, 0) is 32.1 Å². The van der Waals surface area contributed by atoms with Gasteiger partial charge < -0.3 is 15.6 Å². The standard InChI is InChI=1S/C11H23NO3/c1-3-15-7-6-9(2)4-5-10(8-12)11(13)14/h9-10H,3-8,12H2,1-2H3,(H,13,14). The molecule has 0 heterocycles. The highest BCUT2D eigenvalue weighted by atomic mass is 16.5. The second kappa shape index (κ2) is 8.68. The van der Waals surface area contributed by atoms with Crippen LogP contribution < -0.4 is 5.73 Å². The molecule has 0 radical (unpaired) electrons. The Balaban J connectivity index is 3.59. The number of rotatable bonds is 9. The molecule has 0 fully saturated rings. The van der Waals surface area contributed by atoms with Crippen LogP contribution in [0.1, 0.15) is 33.1 Å². The number of ether oxygens (including phenoxy) is 1. The molecule has 3 N–H and O–H groups in total. The summed E-state index contributed by atoms with van der Waals surface area (Å²) in [6, 6.07) is 0. The van der Waals surface area contributed by atoms with Crippen LogP contribution in [0.25, 0.3) is 0 Å². The van der Waals surface area contributed by atoms with Crippen molar-refractivity contribution in [2.75, 3.05) is 19.8 Å². The van der Waals surface area contributed by atoms with E-state index in [1.807, 2.05) is 6.92 Å². The first-order valence-electron chi connectivity index (χ1n) is 5.62. The lowest BCUT2D eigenvalue weighted by molar-refractivity contribution is -0.141. The Morgan fingerprint density at radius 3 is 2.53 bits per heavy atom. The zero-order valence-corrected chi connectivity index (χ0v) is 9.74. The van der Waals surface area contributed by atoms with Crippen molar-refractivity contribution in [1.29, 1.82) is 0 Å². The van der Waals surface area contributed by atoms with Crippen molar-refractivity contribution in [2.45, 2.75) is 33.1 Å². The summed E-state index contributed by atoms with van der Waals surface area (Å²) in [7, 11) is 0. The van der Waals surface area contributed by atoms with E-state index in [-0.39, 0.29) is 12.5 Å². The second-order valence-electron chi connectivity index (χ2n) is 3.94. The van der Waals surface area contributed by atoms with Crippen molar-refractivity contribution < 1.29 is 14.6 Å². The average molecular weight is 217 g/mol. The van der Waals surface area contributed by atoms with Crippen LogP contribution in [0.4, 0.5) is 0 Å². The quantitative estimate of drug-likeness (QED) is 0.574. The summed E-state index contributed by atoms with van der Waals surface area (Å²) in [4.78, 5) is 10.7. The van der Waals surface area contributed by atoms with E-state index < -0.39 is 5.97 Å². The van der Waals surface area contributed by atoms with Crippen LogP contribution in [0.5, 0.6) is 0 Å². The Bertz CT molecular complexity index is 173. The Morgan fingerprint density at radius 2 is 2.07 bits per heavy atom. The van der Waals surface area contributed by atoms with E-state index in [9.17, 15) is 4.79 Å². The largest absolute Gasteiger partial charge is 0.481 e. The van der Waals surface area contributed by atoms with Gasteiger partial charge in [-0.3, -0.25) is 4.79 Å². The van der Waals surface area contributed by atoms with Gasteiger partial charge in [-0.1, -0.05) is 6.92 Å². The second-order valence-corrected chi connectivity index (χ2v) is 3.94. The molecule has 0 aromatic rings. The fraction of sp³-hybridized carbons (Fsp3) is 0.909. The Labute approximate surface area is 91.8 Å². The molecule has 2 atom stereocenters. The maximum Gasteiger partial charge on any atom is 0.307 e. The minimum absolute atomic E-state index is 0.230. The van der Waals surface area contributed by atoms with Crippen LogP contribution in [0, 0.1) is 11.8 Å². The van der Waals surface area contributed by atoms with Crippen LogP contribution in [-0.4, -0.2) is 30.8 Å². The normalized spacial score (nSPS) is 14.9. The van der Waals surface area contributed by atoms with Gasteiger partial charge in [-0.2, -0.15) is 0 Å². The number of aliphatic carboxylic acids is 1. The van der Waals surface area contributed by atoms with Crippen LogP contribution in [0.2, 0.25) is 0 Å². The Morgan fingerprint density at radius 1 is 1.40 bits per heavy atom. The first-order chi connectivity index (χ1) is 7.11. The van der Waals surface area contributed by atoms with Crippen molar-refractivity contribution in [1.82, 2.24) is 0 Å². The van der Waals surface area contributed by atoms with E-state index in [1.165, 1.54) is 0 Å². The minimum atomic E-state index is -0.783. The van der Waals surface area contributed by atoms with E-state index in [1.54, 1.807) is 0 Å². The number of nitrogens with two attached hydrogens (primary N) is 1. The third-order valence-electron chi connectivity index (χ3n) is 2.60. The average Bonchev–Trinajstić information content (AvgIpc) is 2.18. The van der Waals surface area contributed by atoms with E-state index in [4.69, 9.17) is 15.6 Å². The Kier molecular flexibility index (Phi) is 8.33. The van der Waals surface area contributed by atoms with Gasteiger partial charge >= 0.3 is 5.97 Å². The number of hydrogen-bond acceptors (Lipinski definition) is 3. The molecule has 0 saturated carbocycles. The molecule has 0 aliphatic heterocycles. The highest BCUT2D eigenvalue weighted by Crippen LogP contribution is 2.15. The molecule has 0 aromatic carbocycles. The van der Waals surface area contributed by atoms with Gasteiger partial charge in [-0.15, -0.1) is 0 Å². The monoisotopic (exact) mass is 217 g/mol. The summed E-state index contributed by atoms with van der Waals surface area (Å²) in [6.45, 7) is 5.83. The van der Waals surface area contributed by atoms with Crippen LogP contribution >= 0.6 is 0 Å². The van der Waals surface area contributed by atoms with Gasteiger partial charge in [-0.25, -0.2) is 0 Å². The molecule has 0 amide bonds. The van der Waals surface area contributed by atoms with Crippen molar-refractivity contribution in [3.8, 4) is 0 Å².